The van der Waals surface area contributed by atoms with Gasteiger partial charge in [0.05, 0.1) is 0 Å². The van der Waals surface area contributed by atoms with Crippen molar-refractivity contribution in [3.05, 3.63) is 64.7 Å². The predicted octanol–water partition coefficient (Wildman–Crippen LogP) is 3.57. The van der Waals surface area contributed by atoms with Gasteiger partial charge in [-0.2, -0.15) is 0 Å². The summed E-state index contributed by atoms with van der Waals surface area (Å²) in [5.74, 6) is 0. The lowest BCUT2D eigenvalue weighted by molar-refractivity contribution is 0.254. The number of anilines is 1. The van der Waals surface area contributed by atoms with E-state index < -0.39 is 0 Å². The molecule has 3 nitrogen and oxygen atoms in total. The molecule has 142 valence electrons. The van der Waals surface area contributed by atoms with Gasteiger partial charge < -0.3 is 10.2 Å². The van der Waals surface area contributed by atoms with Gasteiger partial charge in [0.1, 0.15) is 0 Å². The van der Waals surface area contributed by atoms with Gasteiger partial charge in [0.25, 0.3) is 0 Å². The molecule has 1 saturated heterocycles. The molecule has 0 radical (unpaired) electrons. The van der Waals surface area contributed by atoms with Crippen molar-refractivity contribution in [1.82, 2.24) is 10.2 Å². The summed E-state index contributed by atoms with van der Waals surface area (Å²) >= 11 is 0. The SMILES string of the molecule is c1ccc(N2CCN(CCNC3CCc4cc5c(cc43)CCC5)CC2)cc1. The van der Waals surface area contributed by atoms with Crippen LogP contribution in [0.4, 0.5) is 5.69 Å². The van der Waals surface area contributed by atoms with Crippen LogP contribution >= 0.6 is 0 Å². The van der Waals surface area contributed by atoms with Crippen LogP contribution in [0.2, 0.25) is 0 Å². The van der Waals surface area contributed by atoms with E-state index in [1.807, 2.05) is 0 Å². The van der Waals surface area contributed by atoms with Crippen LogP contribution in [0.25, 0.3) is 0 Å². The summed E-state index contributed by atoms with van der Waals surface area (Å²) in [6.07, 6.45) is 6.48. The van der Waals surface area contributed by atoms with E-state index in [9.17, 15) is 0 Å². The van der Waals surface area contributed by atoms with Gasteiger partial charge in [0.15, 0.2) is 0 Å². The fraction of sp³-hybridized carbons (Fsp3) is 0.500. The molecule has 1 fully saturated rings. The topological polar surface area (TPSA) is 18.5 Å². The minimum absolute atomic E-state index is 0.580. The normalized spacial score (nSPS) is 22.1. The molecule has 0 spiro atoms. The molecule has 3 heteroatoms. The smallest absolute Gasteiger partial charge is 0.0367 e. The Morgan fingerprint density at radius 3 is 2.44 bits per heavy atom. The van der Waals surface area contributed by atoms with E-state index in [2.05, 4.69) is 57.6 Å². The first-order chi connectivity index (χ1) is 13.4. The number of benzene rings is 2. The van der Waals surface area contributed by atoms with Crippen LogP contribution in [0.5, 0.6) is 0 Å². The van der Waals surface area contributed by atoms with Crippen molar-refractivity contribution >= 4 is 5.69 Å². The molecule has 0 bridgehead atoms. The Kier molecular flexibility index (Phi) is 4.89. The third-order valence-electron chi connectivity index (χ3n) is 6.74. The molecule has 1 aliphatic heterocycles. The zero-order valence-corrected chi connectivity index (χ0v) is 16.3. The number of nitrogens with zero attached hydrogens (tertiary/aromatic N) is 2. The number of hydrogen-bond acceptors (Lipinski definition) is 3. The molecule has 5 rings (SSSR count). The molecule has 1 atom stereocenters. The maximum absolute atomic E-state index is 3.86. The zero-order chi connectivity index (χ0) is 18.1. The largest absolute Gasteiger partial charge is 0.369 e. The first kappa shape index (κ1) is 17.3. The van der Waals surface area contributed by atoms with Crippen molar-refractivity contribution in [2.75, 3.05) is 44.2 Å². The summed E-state index contributed by atoms with van der Waals surface area (Å²) in [6.45, 7) is 6.90. The third kappa shape index (κ3) is 3.63. The summed E-state index contributed by atoms with van der Waals surface area (Å²) in [5, 5.41) is 3.86. The highest BCUT2D eigenvalue weighted by molar-refractivity contribution is 5.46. The second-order valence-corrected chi connectivity index (χ2v) is 8.38. The molecule has 1 N–H and O–H groups in total. The van der Waals surface area contributed by atoms with E-state index in [0.29, 0.717) is 6.04 Å². The van der Waals surface area contributed by atoms with Crippen LogP contribution in [0.3, 0.4) is 0 Å². The van der Waals surface area contributed by atoms with Crippen LogP contribution in [0, 0.1) is 0 Å². The van der Waals surface area contributed by atoms with E-state index >= 15 is 0 Å². The molecule has 27 heavy (non-hydrogen) atoms. The predicted molar refractivity (Wildman–Crippen MR) is 113 cm³/mol. The first-order valence-electron chi connectivity index (χ1n) is 10.8. The monoisotopic (exact) mass is 361 g/mol. The zero-order valence-electron chi connectivity index (χ0n) is 16.3. The number of hydrogen-bond donors (Lipinski definition) is 1. The lowest BCUT2D eigenvalue weighted by Gasteiger charge is -2.36. The highest BCUT2D eigenvalue weighted by Gasteiger charge is 2.25. The molecule has 2 aromatic carbocycles. The lowest BCUT2D eigenvalue weighted by atomic mass is 10.0. The van der Waals surface area contributed by atoms with E-state index in [1.165, 1.54) is 57.4 Å². The molecule has 0 aromatic heterocycles. The van der Waals surface area contributed by atoms with Crippen LogP contribution in [-0.4, -0.2) is 44.2 Å². The highest BCUT2D eigenvalue weighted by Crippen LogP contribution is 2.35. The van der Waals surface area contributed by atoms with Gasteiger partial charge in [-0.25, -0.2) is 0 Å². The van der Waals surface area contributed by atoms with E-state index in [1.54, 1.807) is 22.3 Å². The van der Waals surface area contributed by atoms with E-state index in [0.717, 1.165) is 19.6 Å². The molecule has 2 aromatic rings. The maximum atomic E-state index is 3.86. The van der Waals surface area contributed by atoms with Gasteiger partial charge in [-0.1, -0.05) is 30.3 Å². The van der Waals surface area contributed by atoms with E-state index in [4.69, 9.17) is 0 Å². The van der Waals surface area contributed by atoms with Gasteiger partial charge in [0, 0.05) is 51.0 Å². The minimum Gasteiger partial charge on any atom is -0.369 e. The number of rotatable bonds is 5. The minimum atomic E-state index is 0.580. The Labute approximate surface area is 163 Å². The van der Waals surface area contributed by atoms with Gasteiger partial charge in [0.2, 0.25) is 0 Å². The number of piperazine rings is 1. The summed E-state index contributed by atoms with van der Waals surface area (Å²) in [5.41, 5.74) is 7.84. The van der Waals surface area contributed by atoms with Crippen LogP contribution in [-0.2, 0) is 19.3 Å². The Hall–Kier alpha value is -1.84. The second-order valence-electron chi connectivity index (χ2n) is 8.38. The Balaban J connectivity index is 1.11. The molecule has 0 amide bonds. The number of fused-ring (bicyclic) bond motifs is 2. The Morgan fingerprint density at radius 1 is 0.852 bits per heavy atom. The summed E-state index contributed by atoms with van der Waals surface area (Å²) < 4.78 is 0. The van der Waals surface area contributed by atoms with E-state index in [-0.39, 0.29) is 0 Å². The van der Waals surface area contributed by atoms with Gasteiger partial charge >= 0.3 is 0 Å². The molecule has 2 aliphatic carbocycles. The average Bonchev–Trinajstić information content (AvgIpc) is 3.34. The van der Waals surface area contributed by atoms with Crippen molar-refractivity contribution in [3.8, 4) is 0 Å². The fourth-order valence-corrected chi connectivity index (χ4v) is 5.17. The molecule has 3 aliphatic rings. The molecule has 1 unspecified atom stereocenters. The first-order valence-corrected chi connectivity index (χ1v) is 10.8. The van der Waals surface area contributed by atoms with Crippen molar-refractivity contribution in [2.24, 2.45) is 0 Å². The summed E-state index contributed by atoms with van der Waals surface area (Å²) in [6, 6.07) is 16.5. The van der Waals surface area contributed by atoms with Gasteiger partial charge in [-0.3, -0.25) is 4.90 Å². The molecule has 0 saturated carbocycles. The summed E-state index contributed by atoms with van der Waals surface area (Å²) in [7, 11) is 0. The summed E-state index contributed by atoms with van der Waals surface area (Å²) in [4.78, 5) is 5.13. The van der Waals surface area contributed by atoms with Gasteiger partial charge in [-0.05, 0) is 66.5 Å². The van der Waals surface area contributed by atoms with Gasteiger partial charge in [-0.15, -0.1) is 0 Å². The molecular weight excluding hydrogens is 330 g/mol. The number of para-hydroxylation sites is 1. The highest BCUT2D eigenvalue weighted by atomic mass is 15.3. The average molecular weight is 362 g/mol. The van der Waals surface area contributed by atoms with Crippen molar-refractivity contribution in [1.29, 1.82) is 0 Å². The van der Waals surface area contributed by atoms with Crippen molar-refractivity contribution in [2.45, 2.75) is 38.1 Å². The second kappa shape index (κ2) is 7.65. The lowest BCUT2D eigenvalue weighted by Crippen LogP contribution is -2.48. The van der Waals surface area contributed by atoms with Crippen LogP contribution < -0.4 is 10.2 Å². The standard InChI is InChI=1S/C24H31N3/c1-2-7-22(8-3-1)27-15-13-26(14-16-27)12-11-25-24-10-9-21-17-19-5-4-6-20(19)18-23(21)24/h1-3,7-8,17-18,24-25H,4-6,9-16H2. The van der Waals surface area contributed by atoms with Crippen molar-refractivity contribution in [3.63, 3.8) is 0 Å². The maximum Gasteiger partial charge on any atom is 0.0367 e. The third-order valence-corrected chi connectivity index (χ3v) is 6.74. The van der Waals surface area contributed by atoms with Crippen LogP contribution in [0.15, 0.2) is 42.5 Å². The van der Waals surface area contributed by atoms with Crippen LogP contribution in [0.1, 0.15) is 41.1 Å². The quantitative estimate of drug-likeness (QED) is 0.878. The number of aryl methyl sites for hydroxylation is 3. The Morgan fingerprint density at radius 2 is 1.63 bits per heavy atom. The molecule has 1 heterocycles. The van der Waals surface area contributed by atoms with Crippen molar-refractivity contribution < 1.29 is 0 Å². The Bertz CT molecular complexity index is 778. The number of nitrogens with one attached hydrogen (secondary N) is 1. The fourth-order valence-electron chi connectivity index (χ4n) is 5.17. The molecular formula is C24H31N3.